The Bertz CT molecular complexity index is 99.2. The van der Waals surface area contributed by atoms with Gasteiger partial charge in [0.05, 0.1) is 0 Å². The van der Waals surface area contributed by atoms with E-state index in [0.29, 0.717) is 12.0 Å². The summed E-state index contributed by atoms with van der Waals surface area (Å²) in [6.45, 7) is 8.79. The summed E-state index contributed by atoms with van der Waals surface area (Å²) >= 11 is 0. The van der Waals surface area contributed by atoms with Crippen LogP contribution in [0.3, 0.4) is 0 Å². The van der Waals surface area contributed by atoms with Crippen LogP contribution in [0, 0.1) is 0 Å². The summed E-state index contributed by atoms with van der Waals surface area (Å²) in [7, 11) is -1.65. The molecule has 54 valence electrons. The van der Waals surface area contributed by atoms with Crippen LogP contribution in [-0.2, 0) is 9.22 Å². The van der Waals surface area contributed by atoms with Crippen LogP contribution in [0.5, 0.6) is 0 Å². The van der Waals surface area contributed by atoms with Crippen LogP contribution in [0.2, 0.25) is 18.6 Å². The lowest BCUT2D eigenvalue weighted by Crippen LogP contribution is -2.33. The van der Waals surface area contributed by atoms with Gasteiger partial charge in [0.1, 0.15) is 0 Å². The van der Waals surface area contributed by atoms with Gasteiger partial charge in [-0.3, -0.25) is 4.79 Å². The number of hydrogen-bond donors (Lipinski definition) is 0. The van der Waals surface area contributed by atoms with Crippen molar-refractivity contribution in [2.75, 3.05) is 0 Å². The highest BCUT2D eigenvalue weighted by atomic mass is 28.4. The number of rotatable bonds is 3. The van der Waals surface area contributed by atoms with Gasteiger partial charge in [0.15, 0.2) is 0 Å². The summed E-state index contributed by atoms with van der Waals surface area (Å²) in [6.07, 6.45) is 0. The average molecular weight is 146 g/mol. The van der Waals surface area contributed by atoms with Crippen LogP contribution in [0.15, 0.2) is 0 Å². The van der Waals surface area contributed by atoms with Gasteiger partial charge in [-0.05, 0) is 18.6 Å². The van der Waals surface area contributed by atoms with Gasteiger partial charge in [0, 0.05) is 0 Å². The van der Waals surface area contributed by atoms with Gasteiger partial charge >= 0.3 is 0 Å². The first kappa shape index (κ1) is 8.69. The average Bonchev–Trinajstić information content (AvgIpc) is 1.65. The SMILES string of the molecule is CC(C)[Si](C)(C)OC=O. The van der Waals surface area contributed by atoms with Crippen molar-refractivity contribution in [1.29, 1.82) is 0 Å². The summed E-state index contributed by atoms with van der Waals surface area (Å²) in [5, 5.41) is 0. The number of carbonyl (C=O) groups is 1. The molecular weight excluding hydrogens is 132 g/mol. The first-order chi connectivity index (χ1) is 4.00. The Morgan fingerprint density at radius 3 is 2.00 bits per heavy atom. The molecule has 0 rings (SSSR count). The molecule has 3 heteroatoms. The van der Waals surface area contributed by atoms with E-state index in [1.807, 2.05) is 13.1 Å². The smallest absolute Gasteiger partial charge is 0.279 e. The largest absolute Gasteiger partial charge is 0.521 e. The summed E-state index contributed by atoms with van der Waals surface area (Å²) in [4.78, 5) is 9.94. The molecule has 0 heterocycles. The maximum atomic E-state index is 9.94. The third-order valence-corrected chi connectivity index (χ3v) is 5.23. The zero-order valence-corrected chi connectivity index (χ0v) is 7.47. The van der Waals surface area contributed by atoms with E-state index in [1.54, 1.807) is 0 Å². The second kappa shape index (κ2) is 3.01. The van der Waals surface area contributed by atoms with Crippen molar-refractivity contribution < 1.29 is 9.22 Å². The quantitative estimate of drug-likeness (QED) is 0.448. The van der Waals surface area contributed by atoms with Gasteiger partial charge in [-0.1, -0.05) is 13.8 Å². The Labute approximate surface area is 57.3 Å². The van der Waals surface area contributed by atoms with Crippen LogP contribution in [-0.4, -0.2) is 14.8 Å². The normalized spacial score (nSPS) is 11.7. The van der Waals surface area contributed by atoms with Crippen LogP contribution >= 0.6 is 0 Å². The van der Waals surface area contributed by atoms with E-state index in [1.165, 1.54) is 0 Å². The van der Waals surface area contributed by atoms with E-state index in [9.17, 15) is 4.79 Å². The van der Waals surface area contributed by atoms with Gasteiger partial charge in [0.25, 0.3) is 14.8 Å². The summed E-state index contributed by atoms with van der Waals surface area (Å²) in [5.41, 5.74) is 0.502. The fraction of sp³-hybridized carbons (Fsp3) is 0.833. The van der Waals surface area contributed by atoms with Gasteiger partial charge in [-0.2, -0.15) is 0 Å². The maximum Gasteiger partial charge on any atom is 0.279 e. The lowest BCUT2D eigenvalue weighted by molar-refractivity contribution is -0.121. The minimum absolute atomic E-state index is 0.502. The molecule has 0 amide bonds. The Morgan fingerprint density at radius 2 is 1.89 bits per heavy atom. The molecule has 0 aromatic rings. The van der Waals surface area contributed by atoms with E-state index >= 15 is 0 Å². The molecule has 2 nitrogen and oxygen atoms in total. The molecule has 0 saturated carbocycles. The fourth-order valence-electron chi connectivity index (χ4n) is 0.260. The topological polar surface area (TPSA) is 26.3 Å². The Kier molecular flexibility index (Phi) is 2.90. The molecule has 0 aromatic heterocycles. The Morgan fingerprint density at radius 1 is 1.44 bits per heavy atom. The van der Waals surface area contributed by atoms with E-state index in [2.05, 4.69) is 13.8 Å². The summed E-state index contributed by atoms with van der Waals surface area (Å²) in [5.74, 6) is 0. The van der Waals surface area contributed by atoms with Crippen LogP contribution < -0.4 is 0 Å². The van der Waals surface area contributed by atoms with E-state index in [4.69, 9.17) is 4.43 Å². The summed E-state index contributed by atoms with van der Waals surface area (Å²) in [6, 6.07) is 0. The van der Waals surface area contributed by atoms with Crippen molar-refractivity contribution in [1.82, 2.24) is 0 Å². The molecule has 0 fully saturated rings. The zero-order chi connectivity index (χ0) is 7.49. The second-order valence-electron chi connectivity index (χ2n) is 2.97. The van der Waals surface area contributed by atoms with Crippen molar-refractivity contribution in [3.8, 4) is 0 Å². The van der Waals surface area contributed by atoms with Crippen LogP contribution in [0.25, 0.3) is 0 Å². The molecule has 0 aliphatic carbocycles. The lowest BCUT2D eigenvalue weighted by atomic mass is 10.6. The highest BCUT2D eigenvalue weighted by molar-refractivity contribution is 6.73. The third kappa shape index (κ3) is 2.65. The zero-order valence-electron chi connectivity index (χ0n) is 6.47. The first-order valence-corrected chi connectivity index (χ1v) is 6.10. The molecular formula is C6H14O2Si. The maximum absolute atomic E-state index is 9.94. The van der Waals surface area contributed by atoms with Crippen molar-refractivity contribution in [2.45, 2.75) is 32.5 Å². The van der Waals surface area contributed by atoms with Crippen LogP contribution in [0.1, 0.15) is 13.8 Å². The molecule has 0 saturated heterocycles. The minimum atomic E-state index is -1.65. The molecule has 0 aliphatic rings. The third-order valence-electron chi connectivity index (χ3n) is 1.74. The number of hydrogen-bond acceptors (Lipinski definition) is 2. The molecule has 0 atom stereocenters. The number of carbonyl (C=O) groups excluding carboxylic acids is 1. The van der Waals surface area contributed by atoms with E-state index in [0.717, 1.165) is 0 Å². The monoisotopic (exact) mass is 146 g/mol. The highest BCUT2D eigenvalue weighted by Gasteiger charge is 2.27. The van der Waals surface area contributed by atoms with Gasteiger partial charge in [-0.15, -0.1) is 0 Å². The molecule has 0 bridgehead atoms. The molecule has 0 unspecified atom stereocenters. The standard InChI is InChI=1S/C6H14O2Si/c1-6(2)9(3,4)8-5-7/h5-6H,1-4H3. The molecule has 9 heavy (non-hydrogen) atoms. The molecule has 0 aliphatic heterocycles. The van der Waals surface area contributed by atoms with Crippen LogP contribution in [0.4, 0.5) is 0 Å². The van der Waals surface area contributed by atoms with Crippen molar-refractivity contribution >= 4 is 14.8 Å². The fourth-order valence-corrected chi connectivity index (χ4v) is 0.780. The molecule has 0 spiro atoms. The second-order valence-corrected chi connectivity index (χ2v) is 7.57. The Hall–Kier alpha value is -0.313. The van der Waals surface area contributed by atoms with Gasteiger partial charge < -0.3 is 4.43 Å². The van der Waals surface area contributed by atoms with Crippen molar-refractivity contribution in [3.63, 3.8) is 0 Å². The predicted molar refractivity (Wildman–Crippen MR) is 39.7 cm³/mol. The molecule has 0 N–H and O–H groups in total. The van der Waals surface area contributed by atoms with Gasteiger partial charge in [0.2, 0.25) is 0 Å². The van der Waals surface area contributed by atoms with E-state index < -0.39 is 8.32 Å². The highest BCUT2D eigenvalue weighted by Crippen LogP contribution is 2.19. The molecule has 0 aromatic carbocycles. The van der Waals surface area contributed by atoms with Crippen molar-refractivity contribution in [3.05, 3.63) is 0 Å². The lowest BCUT2D eigenvalue weighted by Gasteiger charge is -2.23. The summed E-state index contributed by atoms with van der Waals surface area (Å²) < 4.78 is 4.95. The van der Waals surface area contributed by atoms with Gasteiger partial charge in [-0.25, -0.2) is 0 Å². The van der Waals surface area contributed by atoms with Crippen molar-refractivity contribution in [2.24, 2.45) is 0 Å². The van der Waals surface area contributed by atoms with E-state index in [-0.39, 0.29) is 0 Å². The first-order valence-electron chi connectivity index (χ1n) is 3.12. The Balaban J connectivity index is 3.84. The minimum Gasteiger partial charge on any atom is -0.521 e. The predicted octanol–water partition coefficient (Wildman–Crippen LogP) is 1.77. The molecule has 0 radical (unpaired) electrons.